The van der Waals surface area contributed by atoms with E-state index in [2.05, 4.69) is 4.74 Å². The SMILES string of the molecule is COC(=O)c1sccc1S(=O)(=O)N(C)C(C)c1ccccc1. The number of rotatable bonds is 5. The van der Waals surface area contributed by atoms with Gasteiger partial charge in [0.1, 0.15) is 9.77 Å². The molecule has 22 heavy (non-hydrogen) atoms. The molecule has 0 bridgehead atoms. The van der Waals surface area contributed by atoms with Crippen molar-refractivity contribution in [3.63, 3.8) is 0 Å². The Morgan fingerprint density at radius 3 is 2.45 bits per heavy atom. The predicted octanol–water partition coefficient (Wildman–Crippen LogP) is 2.92. The van der Waals surface area contributed by atoms with E-state index >= 15 is 0 Å². The molecular weight excluding hydrogens is 322 g/mol. The number of carbonyl (C=O) groups excluding carboxylic acids is 1. The van der Waals surface area contributed by atoms with Gasteiger partial charge < -0.3 is 4.74 Å². The first-order chi connectivity index (χ1) is 10.4. The molecule has 0 radical (unpaired) electrons. The van der Waals surface area contributed by atoms with Crippen molar-refractivity contribution in [2.45, 2.75) is 17.9 Å². The summed E-state index contributed by atoms with van der Waals surface area (Å²) in [5, 5.41) is 1.57. The topological polar surface area (TPSA) is 63.7 Å². The number of carbonyl (C=O) groups is 1. The van der Waals surface area contributed by atoms with E-state index in [1.165, 1.54) is 24.5 Å². The molecule has 5 nitrogen and oxygen atoms in total. The molecule has 0 spiro atoms. The number of ether oxygens (including phenoxy) is 1. The van der Waals surface area contributed by atoms with Crippen molar-refractivity contribution in [3.05, 3.63) is 52.2 Å². The monoisotopic (exact) mass is 339 g/mol. The number of esters is 1. The van der Waals surface area contributed by atoms with Gasteiger partial charge in [-0.2, -0.15) is 4.31 Å². The lowest BCUT2D eigenvalue weighted by atomic mass is 10.1. The molecule has 7 heteroatoms. The highest BCUT2D eigenvalue weighted by Gasteiger charge is 2.31. The first-order valence-electron chi connectivity index (χ1n) is 6.58. The van der Waals surface area contributed by atoms with Crippen LogP contribution in [-0.2, 0) is 14.8 Å². The number of hydrogen-bond donors (Lipinski definition) is 0. The Labute approximate surface area is 134 Å². The van der Waals surface area contributed by atoms with Crippen molar-refractivity contribution in [3.8, 4) is 0 Å². The quantitative estimate of drug-likeness (QED) is 0.786. The van der Waals surface area contributed by atoms with Crippen molar-refractivity contribution in [1.29, 1.82) is 0 Å². The van der Waals surface area contributed by atoms with Gasteiger partial charge in [0.2, 0.25) is 10.0 Å². The lowest BCUT2D eigenvalue weighted by molar-refractivity contribution is 0.0602. The Morgan fingerprint density at radius 1 is 1.23 bits per heavy atom. The zero-order valence-corrected chi connectivity index (χ0v) is 14.1. The zero-order valence-electron chi connectivity index (χ0n) is 12.5. The highest BCUT2D eigenvalue weighted by molar-refractivity contribution is 7.89. The second kappa shape index (κ2) is 6.60. The summed E-state index contributed by atoms with van der Waals surface area (Å²) in [6.45, 7) is 1.80. The van der Waals surface area contributed by atoms with E-state index in [9.17, 15) is 13.2 Å². The number of nitrogens with zero attached hydrogens (tertiary/aromatic N) is 1. The molecule has 1 aromatic carbocycles. The molecule has 2 aromatic rings. The van der Waals surface area contributed by atoms with Crippen LogP contribution in [-0.4, -0.2) is 32.8 Å². The second-order valence-corrected chi connectivity index (χ2v) is 7.60. The first kappa shape index (κ1) is 16.7. The van der Waals surface area contributed by atoms with Crippen molar-refractivity contribution in [2.75, 3.05) is 14.2 Å². The second-order valence-electron chi connectivity index (χ2n) is 4.71. The third-order valence-electron chi connectivity index (χ3n) is 3.48. The largest absolute Gasteiger partial charge is 0.465 e. The molecule has 0 amide bonds. The molecule has 1 unspecified atom stereocenters. The van der Waals surface area contributed by atoms with Gasteiger partial charge in [0.25, 0.3) is 0 Å². The highest BCUT2D eigenvalue weighted by Crippen LogP contribution is 2.30. The molecule has 0 saturated heterocycles. The van der Waals surface area contributed by atoms with Crippen molar-refractivity contribution < 1.29 is 17.9 Å². The Bertz CT molecular complexity index is 753. The molecule has 118 valence electrons. The third kappa shape index (κ3) is 3.06. The molecule has 1 atom stereocenters. The fraction of sp³-hybridized carbons (Fsp3) is 0.267. The van der Waals surface area contributed by atoms with Gasteiger partial charge in [0.15, 0.2) is 0 Å². The van der Waals surface area contributed by atoms with Crippen LogP contribution in [0.2, 0.25) is 0 Å². The Hall–Kier alpha value is -1.70. The smallest absolute Gasteiger partial charge is 0.349 e. The molecule has 2 rings (SSSR count). The summed E-state index contributed by atoms with van der Waals surface area (Å²) in [7, 11) is -1.05. The lowest BCUT2D eigenvalue weighted by Crippen LogP contribution is -2.30. The lowest BCUT2D eigenvalue weighted by Gasteiger charge is -2.24. The van der Waals surface area contributed by atoms with E-state index in [0.29, 0.717) is 0 Å². The fourth-order valence-corrected chi connectivity index (χ4v) is 4.70. The number of hydrogen-bond acceptors (Lipinski definition) is 5. The summed E-state index contributed by atoms with van der Waals surface area (Å²) < 4.78 is 31.5. The van der Waals surface area contributed by atoms with Crippen LogP contribution < -0.4 is 0 Å². The summed E-state index contributed by atoms with van der Waals surface area (Å²) in [5.41, 5.74) is 0.878. The third-order valence-corrected chi connectivity index (χ3v) is 6.48. The fourth-order valence-electron chi connectivity index (χ4n) is 2.05. The van der Waals surface area contributed by atoms with Crippen LogP contribution in [0.4, 0.5) is 0 Å². The summed E-state index contributed by atoms with van der Waals surface area (Å²) >= 11 is 1.05. The van der Waals surface area contributed by atoms with Gasteiger partial charge in [-0.1, -0.05) is 30.3 Å². The number of thiophene rings is 1. The van der Waals surface area contributed by atoms with Crippen LogP contribution >= 0.6 is 11.3 Å². The molecule has 0 aliphatic rings. The molecule has 1 heterocycles. The normalized spacial score (nSPS) is 13.1. The first-order valence-corrected chi connectivity index (χ1v) is 8.90. The Kier molecular flexibility index (Phi) is 5.00. The van der Waals surface area contributed by atoms with Crippen LogP contribution in [0.1, 0.15) is 28.2 Å². The zero-order chi connectivity index (χ0) is 16.3. The van der Waals surface area contributed by atoms with Gasteiger partial charge >= 0.3 is 5.97 Å². The summed E-state index contributed by atoms with van der Waals surface area (Å²) in [4.78, 5) is 11.8. The van der Waals surface area contributed by atoms with E-state index < -0.39 is 16.0 Å². The average Bonchev–Trinajstić information content (AvgIpc) is 3.04. The maximum atomic E-state index is 12.8. The van der Waals surface area contributed by atoms with Crippen molar-refractivity contribution >= 4 is 27.3 Å². The minimum atomic E-state index is -3.79. The van der Waals surface area contributed by atoms with Crippen LogP contribution in [0.5, 0.6) is 0 Å². The molecule has 0 fully saturated rings. The van der Waals surface area contributed by atoms with Crippen LogP contribution in [0, 0.1) is 0 Å². The maximum Gasteiger partial charge on any atom is 0.349 e. The molecule has 0 aliphatic carbocycles. The number of benzene rings is 1. The van der Waals surface area contributed by atoms with Gasteiger partial charge in [0.05, 0.1) is 7.11 Å². The molecule has 0 saturated carbocycles. The number of sulfonamides is 1. The maximum absolute atomic E-state index is 12.8. The van der Waals surface area contributed by atoms with Gasteiger partial charge in [-0.05, 0) is 23.9 Å². The van der Waals surface area contributed by atoms with Crippen LogP contribution in [0.25, 0.3) is 0 Å². The van der Waals surface area contributed by atoms with E-state index in [0.717, 1.165) is 16.9 Å². The van der Waals surface area contributed by atoms with Gasteiger partial charge in [-0.3, -0.25) is 0 Å². The van der Waals surface area contributed by atoms with Crippen molar-refractivity contribution in [2.24, 2.45) is 0 Å². The van der Waals surface area contributed by atoms with E-state index in [1.807, 2.05) is 30.3 Å². The number of methoxy groups -OCH3 is 1. The van der Waals surface area contributed by atoms with Gasteiger partial charge in [-0.15, -0.1) is 11.3 Å². The predicted molar refractivity (Wildman–Crippen MR) is 85.5 cm³/mol. The highest BCUT2D eigenvalue weighted by atomic mass is 32.2. The summed E-state index contributed by atoms with van der Waals surface area (Å²) in [5.74, 6) is -0.644. The van der Waals surface area contributed by atoms with E-state index in [-0.39, 0.29) is 15.8 Å². The average molecular weight is 339 g/mol. The Balaban J connectivity index is 2.39. The molecular formula is C15H17NO4S2. The van der Waals surface area contributed by atoms with Crippen molar-refractivity contribution in [1.82, 2.24) is 4.31 Å². The molecule has 0 aliphatic heterocycles. The molecule has 1 aromatic heterocycles. The minimum absolute atomic E-state index is 0.0189. The minimum Gasteiger partial charge on any atom is -0.465 e. The molecule has 0 N–H and O–H groups in total. The van der Waals surface area contributed by atoms with E-state index in [1.54, 1.807) is 12.3 Å². The van der Waals surface area contributed by atoms with Crippen LogP contribution in [0.3, 0.4) is 0 Å². The van der Waals surface area contributed by atoms with Crippen LogP contribution in [0.15, 0.2) is 46.7 Å². The van der Waals surface area contributed by atoms with E-state index in [4.69, 9.17) is 0 Å². The standard InChI is InChI=1S/C15H17NO4S2/c1-11(12-7-5-4-6-8-12)16(2)22(18,19)13-9-10-21-14(13)15(17)20-3/h4-11H,1-3H3. The Morgan fingerprint density at radius 2 is 1.86 bits per heavy atom. The summed E-state index contributed by atoms with van der Waals surface area (Å²) in [6, 6.07) is 10.4. The summed E-state index contributed by atoms with van der Waals surface area (Å²) in [6.07, 6.45) is 0. The van der Waals surface area contributed by atoms with Gasteiger partial charge in [0, 0.05) is 13.1 Å². The van der Waals surface area contributed by atoms with Gasteiger partial charge in [-0.25, -0.2) is 13.2 Å².